The van der Waals surface area contributed by atoms with Crippen molar-refractivity contribution in [2.24, 2.45) is 5.92 Å². The lowest BCUT2D eigenvalue weighted by Gasteiger charge is -2.31. The zero-order valence-electron chi connectivity index (χ0n) is 10.4. The Labute approximate surface area is 93.9 Å². The molecule has 1 saturated heterocycles. The van der Waals surface area contributed by atoms with Crippen molar-refractivity contribution >= 4 is 0 Å². The topological polar surface area (TPSA) is 35.5 Å². The van der Waals surface area contributed by atoms with Crippen LogP contribution in [-0.4, -0.2) is 48.3 Å². The summed E-state index contributed by atoms with van der Waals surface area (Å²) in [6, 6.07) is 0. The third kappa shape index (κ3) is 5.50. The quantitative estimate of drug-likeness (QED) is 0.719. The van der Waals surface area contributed by atoms with Crippen LogP contribution >= 0.6 is 0 Å². The van der Waals surface area contributed by atoms with Crippen molar-refractivity contribution in [1.29, 1.82) is 0 Å². The van der Waals surface area contributed by atoms with E-state index in [0.29, 0.717) is 6.54 Å². The monoisotopic (exact) mass is 214 g/mol. The number of piperidine rings is 1. The summed E-state index contributed by atoms with van der Waals surface area (Å²) in [5.41, 5.74) is -0.579. The average Bonchev–Trinajstić information content (AvgIpc) is 2.17. The van der Waals surface area contributed by atoms with E-state index in [-0.39, 0.29) is 0 Å². The van der Waals surface area contributed by atoms with Crippen LogP contribution in [0.4, 0.5) is 0 Å². The molecule has 0 radical (unpaired) electrons. The summed E-state index contributed by atoms with van der Waals surface area (Å²) in [6.45, 7) is 11.3. The van der Waals surface area contributed by atoms with Gasteiger partial charge < -0.3 is 15.3 Å². The molecule has 0 bridgehead atoms. The summed E-state index contributed by atoms with van der Waals surface area (Å²) in [5.74, 6) is 0.801. The maximum absolute atomic E-state index is 9.56. The number of likely N-dealkylation sites (tertiary alicyclic amines) is 1. The van der Waals surface area contributed by atoms with Crippen molar-refractivity contribution in [2.45, 2.75) is 39.2 Å². The third-order valence-corrected chi connectivity index (χ3v) is 3.14. The zero-order valence-corrected chi connectivity index (χ0v) is 10.4. The normalized spacial score (nSPS) is 20.8. The van der Waals surface area contributed by atoms with Crippen LogP contribution in [0.3, 0.4) is 0 Å². The zero-order chi connectivity index (χ0) is 11.3. The van der Waals surface area contributed by atoms with Crippen molar-refractivity contribution in [2.75, 3.05) is 32.7 Å². The number of rotatable bonds is 5. The minimum Gasteiger partial charge on any atom is -0.389 e. The van der Waals surface area contributed by atoms with Crippen molar-refractivity contribution in [3.63, 3.8) is 0 Å². The molecular weight excluding hydrogens is 188 g/mol. The fourth-order valence-electron chi connectivity index (χ4n) is 2.09. The van der Waals surface area contributed by atoms with E-state index in [1.807, 2.05) is 13.8 Å². The van der Waals surface area contributed by atoms with Gasteiger partial charge in [0.05, 0.1) is 5.60 Å². The van der Waals surface area contributed by atoms with Crippen molar-refractivity contribution in [3.05, 3.63) is 0 Å². The third-order valence-electron chi connectivity index (χ3n) is 3.14. The van der Waals surface area contributed by atoms with Gasteiger partial charge in [-0.3, -0.25) is 0 Å². The number of nitrogens with one attached hydrogen (secondary N) is 1. The van der Waals surface area contributed by atoms with Crippen LogP contribution in [0.2, 0.25) is 0 Å². The molecule has 0 saturated carbocycles. The molecular formula is C12H26N2O. The highest BCUT2D eigenvalue weighted by Gasteiger charge is 2.18. The first-order valence-electron chi connectivity index (χ1n) is 6.16. The summed E-state index contributed by atoms with van der Waals surface area (Å²) in [5, 5.41) is 12.9. The first-order chi connectivity index (χ1) is 7.01. The summed E-state index contributed by atoms with van der Waals surface area (Å²) in [6.07, 6.45) is 2.60. The lowest BCUT2D eigenvalue weighted by atomic mass is 9.96. The van der Waals surface area contributed by atoms with Gasteiger partial charge in [-0.2, -0.15) is 0 Å². The largest absolute Gasteiger partial charge is 0.389 e. The molecule has 1 heterocycles. The smallest absolute Gasteiger partial charge is 0.0715 e. The summed E-state index contributed by atoms with van der Waals surface area (Å²) >= 11 is 0. The van der Waals surface area contributed by atoms with E-state index in [1.54, 1.807) is 0 Å². The predicted molar refractivity (Wildman–Crippen MR) is 64.0 cm³/mol. The van der Waals surface area contributed by atoms with E-state index in [4.69, 9.17) is 0 Å². The van der Waals surface area contributed by atoms with E-state index >= 15 is 0 Å². The van der Waals surface area contributed by atoms with Crippen LogP contribution in [0.1, 0.15) is 33.6 Å². The van der Waals surface area contributed by atoms with Gasteiger partial charge in [-0.25, -0.2) is 0 Å². The maximum atomic E-state index is 9.56. The van der Waals surface area contributed by atoms with E-state index in [1.165, 1.54) is 32.5 Å². The van der Waals surface area contributed by atoms with E-state index in [0.717, 1.165) is 12.5 Å². The molecule has 2 N–H and O–H groups in total. The Kier molecular flexibility index (Phi) is 5.03. The standard InChI is InChI=1S/C12H26N2O/c1-4-14-7-5-11(6-8-14)9-13-10-12(2,3)15/h11,13,15H,4-10H2,1-3H3. The van der Waals surface area contributed by atoms with Crippen molar-refractivity contribution < 1.29 is 5.11 Å². The van der Waals surface area contributed by atoms with Crippen LogP contribution in [0.5, 0.6) is 0 Å². The lowest BCUT2D eigenvalue weighted by Crippen LogP contribution is -2.40. The van der Waals surface area contributed by atoms with Gasteiger partial charge in [0.2, 0.25) is 0 Å². The molecule has 1 aliphatic rings. The molecule has 3 nitrogen and oxygen atoms in total. The molecule has 1 rings (SSSR count). The predicted octanol–water partition coefficient (Wildman–Crippen LogP) is 1.08. The molecule has 0 aliphatic carbocycles. The second-order valence-corrected chi connectivity index (χ2v) is 5.32. The van der Waals surface area contributed by atoms with Gasteiger partial charge in [-0.15, -0.1) is 0 Å². The molecule has 0 aromatic heterocycles. The Bertz CT molecular complexity index is 169. The second kappa shape index (κ2) is 5.83. The SMILES string of the molecule is CCN1CCC(CNCC(C)(C)O)CC1. The molecule has 1 aliphatic heterocycles. The van der Waals surface area contributed by atoms with Crippen LogP contribution in [0, 0.1) is 5.92 Å². The van der Waals surface area contributed by atoms with Gasteiger partial charge in [0.15, 0.2) is 0 Å². The Morgan fingerprint density at radius 3 is 2.40 bits per heavy atom. The Hall–Kier alpha value is -0.120. The van der Waals surface area contributed by atoms with Crippen LogP contribution in [0.25, 0.3) is 0 Å². The van der Waals surface area contributed by atoms with Crippen molar-refractivity contribution in [1.82, 2.24) is 10.2 Å². The molecule has 0 aromatic rings. The van der Waals surface area contributed by atoms with Crippen LogP contribution in [0.15, 0.2) is 0 Å². The molecule has 0 aromatic carbocycles. The average molecular weight is 214 g/mol. The van der Waals surface area contributed by atoms with Gasteiger partial charge in [0, 0.05) is 6.54 Å². The Balaban J connectivity index is 2.09. The molecule has 0 atom stereocenters. The fraction of sp³-hybridized carbons (Fsp3) is 1.00. The summed E-state index contributed by atoms with van der Waals surface area (Å²) < 4.78 is 0. The lowest BCUT2D eigenvalue weighted by molar-refractivity contribution is 0.0770. The fourth-order valence-corrected chi connectivity index (χ4v) is 2.09. The first-order valence-corrected chi connectivity index (χ1v) is 6.16. The molecule has 1 fully saturated rings. The van der Waals surface area contributed by atoms with Gasteiger partial charge in [-0.05, 0) is 58.8 Å². The Morgan fingerprint density at radius 1 is 1.33 bits per heavy atom. The first kappa shape index (κ1) is 12.9. The molecule has 15 heavy (non-hydrogen) atoms. The molecule has 0 unspecified atom stereocenters. The number of nitrogens with zero attached hydrogens (tertiary/aromatic N) is 1. The highest BCUT2D eigenvalue weighted by atomic mass is 16.3. The number of hydrogen-bond donors (Lipinski definition) is 2. The van der Waals surface area contributed by atoms with Crippen molar-refractivity contribution in [3.8, 4) is 0 Å². The van der Waals surface area contributed by atoms with E-state index in [2.05, 4.69) is 17.1 Å². The highest BCUT2D eigenvalue weighted by molar-refractivity contribution is 4.75. The Morgan fingerprint density at radius 2 is 1.93 bits per heavy atom. The van der Waals surface area contributed by atoms with E-state index < -0.39 is 5.60 Å². The molecule has 0 amide bonds. The minimum absolute atomic E-state index is 0.579. The summed E-state index contributed by atoms with van der Waals surface area (Å²) in [7, 11) is 0. The highest BCUT2D eigenvalue weighted by Crippen LogP contribution is 2.15. The molecule has 90 valence electrons. The number of aliphatic hydroxyl groups is 1. The van der Waals surface area contributed by atoms with Crippen LogP contribution in [-0.2, 0) is 0 Å². The summed E-state index contributed by atoms with van der Waals surface area (Å²) in [4.78, 5) is 2.51. The second-order valence-electron chi connectivity index (χ2n) is 5.32. The van der Waals surface area contributed by atoms with E-state index in [9.17, 15) is 5.11 Å². The van der Waals surface area contributed by atoms with Gasteiger partial charge in [0.25, 0.3) is 0 Å². The minimum atomic E-state index is -0.579. The molecule has 3 heteroatoms. The van der Waals surface area contributed by atoms with Gasteiger partial charge in [0.1, 0.15) is 0 Å². The number of hydrogen-bond acceptors (Lipinski definition) is 3. The van der Waals surface area contributed by atoms with Gasteiger partial charge in [-0.1, -0.05) is 6.92 Å². The van der Waals surface area contributed by atoms with Crippen LogP contribution < -0.4 is 5.32 Å². The maximum Gasteiger partial charge on any atom is 0.0715 e. The van der Waals surface area contributed by atoms with Gasteiger partial charge >= 0.3 is 0 Å². The molecule has 0 spiro atoms.